The normalized spacial score (nSPS) is 26.8. The topological polar surface area (TPSA) is 124 Å². The third-order valence-electron chi connectivity index (χ3n) is 11.3. The van der Waals surface area contributed by atoms with E-state index < -0.39 is 70.2 Å². The highest BCUT2D eigenvalue weighted by atomic mass is 19.1. The van der Waals surface area contributed by atoms with Crippen LogP contribution >= 0.6 is 0 Å². The van der Waals surface area contributed by atoms with Crippen molar-refractivity contribution in [3.63, 3.8) is 0 Å². The van der Waals surface area contributed by atoms with Crippen LogP contribution in [-0.4, -0.2) is 39.5 Å². The molecule has 0 aromatic heterocycles. The van der Waals surface area contributed by atoms with Crippen LogP contribution in [0.15, 0.2) is 109 Å². The Labute approximate surface area is 293 Å². The number of nitrogens with one attached hydrogen (secondary N) is 1. The van der Waals surface area contributed by atoms with Crippen LogP contribution in [0, 0.1) is 36.4 Å². The van der Waals surface area contributed by atoms with Crippen molar-refractivity contribution >= 4 is 40.8 Å². The van der Waals surface area contributed by atoms with E-state index >= 15 is 9.18 Å². The van der Waals surface area contributed by atoms with Gasteiger partial charge in [-0.1, -0.05) is 71.8 Å². The van der Waals surface area contributed by atoms with Crippen molar-refractivity contribution in [1.29, 1.82) is 0 Å². The van der Waals surface area contributed by atoms with E-state index in [0.29, 0.717) is 28.1 Å². The highest BCUT2D eigenvalue weighted by molar-refractivity contribution is 6.22. The molecule has 1 saturated carbocycles. The smallest absolute Gasteiger partial charge is 0.260 e. The van der Waals surface area contributed by atoms with Crippen molar-refractivity contribution in [2.75, 3.05) is 10.3 Å². The highest BCUT2D eigenvalue weighted by Gasteiger charge is 2.70. The zero-order valence-corrected chi connectivity index (χ0v) is 27.9. The molecule has 6 unspecified atom stereocenters. The molecule has 4 aliphatic rings. The zero-order chi connectivity index (χ0) is 35.8. The first kappa shape index (κ1) is 32.3. The van der Waals surface area contributed by atoms with Crippen molar-refractivity contribution in [2.24, 2.45) is 23.7 Å². The average molecular weight is 684 g/mol. The van der Waals surface area contributed by atoms with Gasteiger partial charge in [0.1, 0.15) is 0 Å². The molecule has 2 heterocycles. The maximum absolute atomic E-state index is 15.3. The van der Waals surface area contributed by atoms with Gasteiger partial charge in [-0.05, 0) is 80.6 Å². The number of ketones is 1. The minimum atomic E-state index is -1.63. The molecule has 51 heavy (non-hydrogen) atoms. The Morgan fingerprint density at radius 3 is 2.24 bits per heavy atom. The summed E-state index contributed by atoms with van der Waals surface area (Å²) in [4.78, 5) is 71.3. The van der Waals surface area contributed by atoms with Gasteiger partial charge in [-0.2, -0.15) is 5.01 Å². The molecule has 4 aromatic rings. The lowest BCUT2D eigenvalue weighted by Crippen LogP contribution is -2.53. The van der Waals surface area contributed by atoms with Crippen LogP contribution in [0.3, 0.4) is 0 Å². The molecule has 0 radical (unpaired) electrons. The van der Waals surface area contributed by atoms with E-state index in [2.05, 4.69) is 5.43 Å². The maximum atomic E-state index is 15.3. The molecule has 2 aliphatic heterocycles. The highest BCUT2D eigenvalue weighted by Crippen LogP contribution is 2.65. The van der Waals surface area contributed by atoms with Crippen molar-refractivity contribution < 1.29 is 33.5 Å². The fourth-order valence-corrected chi connectivity index (χ4v) is 8.96. The Morgan fingerprint density at radius 1 is 0.843 bits per heavy atom. The van der Waals surface area contributed by atoms with E-state index in [9.17, 15) is 24.3 Å². The molecule has 256 valence electrons. The lowest BCUT2D eigenvalue weighted by Gasteiger charge is -2.50. The van der Waals surface area contributed by atoms with Gasteiger partial charge in [0.25, 0.3) is 11.8 Å². The summed E-state index contributed by atoms with van der Waals surface area (Å²) in [5.74, 6) is -8.03. The minimum absolute atomic E-state index is 0.0568. The summed E-state index contributed by atoms with van der Waals surface area (Å²) < 4.78 is 15.3. The van der Waals surface area contributed by atoms with E-state index in [1.807, 2.05) is 25.1 Å². The fourth-order valence-electron chi connectivity index (χ4n) is 8.96. The molecule has 6 atom stereocenters. The summed E-state index contributed by atoms with van der Waals surface area (Å²) >= 11 is 0. The summed E-state index contributed by atoms with van der Waals surface area (Å²) in [7, 11) is 0. The van der Waals surface area contributed by atoms with Gasteiger partial charge >= 0.3 is 0 Å². The monoisotopic (exact) mass is 683 g/mol. The zero-order valence-electron chi connectivity index (χ0n) is 27.9. The summed E-state index contributed by atoms with van der Waals surface area (Å²) in [5, 5.41) is 12.4. The number of carbonyl (C=O) groups is 5. The van der Waals surface area contributed by atoms with E-state index in [1.165, 1.54) is 13.0 Å². The van der Waals surface area contributed by atoms with Gasteiger partial charge in [0, 0.05) is 17.0 Å². The molecule has 4 amide bonds. The average Bonchev–Trinajstić information content (AvgIpc) is 3.51. The van der Waals surface area contributed by atoms with E-state index in [0.717, 1.165) is 21.5 Å². The number of phenolic OH excluding ortho intramolecular Hbond substituents is 1. The van der Waals surface area contributed by atoms with E-state index in [-0.39, 0.29) is 24.2 Å². The van der Waals surface area contributed by atoms with Gasteiger partial charge < -0.3 is 5.11 Å². The summed E-state index contributed by atoms with van der Waals surface area (Å²) in [6, 6.07) is 26.5. The first-order chi connectivity index (χ1) is 24.5. The first-order valence-electron chi connectivity index (χ1n) is 17.0. The number of aryl methyl sites for hydroxylation is 1. The standard InChI is InChI=1S/C41H34FN3O6/c1-22-11-15-26(16-12-22)43-45-38(49)32-21-31-28(19-20-29-34(31)39(50)44(37(29)48)27-17-13-24(14-18-27)23(2)46)35(30-9-6-10-33(42)36(30)47)41(32,40(45)51)25-7-4-3-5-8-25/h3-19,29,31-32,34-35,43,47H,20-21H2,1-2H3. The molecular formula is C41H34FN3O6. The number of rotatable bonds is 6. The minimum Gasteiger partial charge on any atom is -0.505 e. The number of benzene rings is 4. The van der Waals surface area contributed by atoms with E-state index in [1.54, 1.807) is 72.8 Å². The Kier molecular flexibility index (Phi) is 7.52. The van der Waals surface area contributed by atoms with Gasteiger partial charge in [-0.15, -0.1) is 0 Å². The van der Waals surface area contributed by atoms with Crippen LogP contribution in [0.25, 0.3) is 0 Å². The van der Waals surface area contributed by atoms with Crippen LogP contribution in [-0.2, 0) is 24.6 Å². The molecule has 2 saturated heterocycles. The number of imide groups is 2. The number of phenols is 1. The molecular weight excluding hydrogens is 649 g/mol. The second kappa shape index (κ2) is 11.9. The number of halogens is 1. The van der Waals surface area contributed by atoms with Crippen LogP contribution < -0.4 is 10.3 Å². The number of nitrogens with zero attached hydrogens (tertiary/aromatic N) is 2. The number of amides is 4. The molecule has 0 spiro atoms. The van der Waals surface area contributed by atoms with Crippen molar-refractivity contribution in [3.05, 3.63) is 137 Å². The second-order valence-electron chi connectivity index (χ2n) is 13.9. The van der Waals surface area contributed by atoms with Crippen molar-refractivity contribution in [3.8, 4) is 5.75 Å². The molecule has 10 heteroatoms. The van der Waals surface area contributed by atoms with Gasteiger partial charge in [0.05, 0.1) is 34.5 Å². The number of hydrogen-bond donors (Lipinski definition) is 2. The number of hydrazine groups is 1. The van der Waals surface area contributed by atoms with E-state index in [4.69, 9.17) is 0 Å². The Balaban J connectivity index is 1.30. The predicted molar refractivity (Wildman–Crippen MR) is 186 cm³/mol. The SMILES string of the molecule is CC(=O)c1ccc(N2C(=O)C3CC=C4C(CC5C(=O)N(Nc6ccc(C)cc6)C(=O)C5(c5ccccc5)C4c4cccc(F)c4O)C3C2=O)cc1. The number of Topliss-reactive ketones (excluding diaryl/α,β-unsaturated/α-hetero) is 1. The number of anilines is 2. The van der Waals surface area contributed by atoms with Crippen LogP contribution in [0.5, 0.6) is 5.75 Å². The molecule has 2 aliphatic carbocycles. The summed E-state index contributed by atoms with van der Waals surface area (Å²) in [5.41, 5.74) is 4.89. The number of aromatic hydroxyl groups is 1. The number of para-hydroxylation sites is 1. The Bertz CT molecular complexity index is 2170. The number of allylic oxidation sites excluding steroid dienone is 2. The van der Waals surface area contributed by atoms with Gasteiger partial charge in [-0.25, -0.2) is 4.39 Å². The Hall–Kier alpha value is -5.90. The molecule has 3 fully saturated rings. The summed E-state index contributed by atoms with van der Waals surface area (Å²) in [6.07, 6.45) is 2.07. The molecule has 4 aromatic carbocycles. The first-order valence-corrected chi connectivity index (χ1v) is 17.0. The third-order valence-corrected chi connectivity index (χ3v) is 11.3. The fraction of sp³-hybridized carbons (Fsp3) is 0.244. The van der Waals surface area contributed by atoms with Gasteiger partial charge in [0.2, 0.25) is 11.8 Å². The maximum Gasteiger partial charge on any atom is 0.260 e. The predicted octanol–water partition coefficient (Wildman–Crippen LogP) is 6.23. The summed E-state index contributed by atoms with van der Waals surface area (Å²) in [6.45, 7) is 3.35. The second-order valence-corrected chi connectivity index (χ2v) is 13.9. The Morgan fingerprint density at radius 2 is 1.55 bits per heavy atom. The van der Waals surface area contributed by atoms with Gasteiger partial charge in [0.15, 0.2) is 17.3 Å². The molecule has 9 nitrogen and oxygen atoms in total. The van der Waals surface area contributed by atoms with Gasteiger partial charge in [-0.3, -0.25) is 34.3 Å². The molecule has 0 bridgehead atoms. The van der Waals surface area contributed by atoms with Crippen LogP contribution in [0.2, 0.25) is 0 Å². The van der Waals surface area contributed by atoms with Crippen molar-refractivity contribution in [1.82, 2.24) is 5.01 Å². The quantitative estimate of drug-likeness (QED) is 0.140. The lowest BCUT2D eigenvalue weighted by molar-refractivity contribution is -0.138. The van der Waals surface area contributed by atoms with Crippen molar-refractivity contribution in [2.45, 2.75) is 38.0 Å². The number of hydrogen-bond acceptors (Lipinski definition) is 7. The van der Waals surface area contributed by atoms with Crippen LogP contribution in [0.1, 0.15) is 52.7 Å². The lowest BCUT2D eigenvalue weighted by atomic mass is 9.49. The number of carbonyl (C=O) groups excluding carboxylic acids is 5. The van der Waals surface area contributed by atoms with Crippen LogP contribution in [0.4, 0.5) is 15.8 Å². The number of fused-ring (bicyclic) bond motifs is 4. The molecule has 8 rings (SSSR count). The third kappa shape index (κ3) is 4.69. The molecule has 2 N–H and O–H groups in total. The largest absolute Gasteiger partial charge is 0.505 e.